The molecule has 2 aromatic heterocycles. The van der Waals surface area contributed by atoms with Gasteiger partial charge in [0.25, 0.3) is 0 Å². The molecule has 0 aliphatic heterocycles. The molecule has 7 aromatic carbocycles. The topological polar surface area (TPSA) is 84.2 Å². The van der Waals surface area contributed by atoms with Crippen molar-refractivity contribution in [1.29, 1.82) is 0 Å². The van der Waals surface area contributed by atoms with Gasteiger partial charge in [0.05, 0.1) is 11.4 Å². The third-order valence-electron chi connectivity index (χ3n) is 9.77. The second-order valence-electron chi connectivity index (χ2n) is 13.0. The number of anilines is 2. The number of nitrogens with zero attached hydrogens (tertiary/aromatic N) is 4. The normalized spacial score (nSPS) is 11.3. The van der Waals surface area contributed by atoms with Gasteiger partial charge in [0, 0.05) is 41.6 Å². The van der Waals surface area contributed by atoms with E-state index in [1.807, 2.05) is 92.0 Å². The van der Waals surface area contributed by atoms with Crippen molar-refractivity contribution in [3.8, 4) is 56.4 Å². The number of fused-ring (bicyclic) bond motifs is 4. The maximum Gasteiger partial charge on any atom is 0.213 e. The first kappa shape index (κ1) is 31.8. The van der Waals surface area contributed by atoms with Crippen molar-refractivity contribution in [3.05, 3.63) is 152 Å². The summed E-state index contributed by atoms with van der Waals surface area (Å²) in [6.07, 6.45) is 0.809. The number of furan rings is 1. The van der Waals surface area contributed by atoms with Gasteiger partial charge in [0.2, 0.25) is 6.41 Å². The molecule has 0 aliphatic rings. The third kappa shape index (κ3) is 5.84. The Morgan fingerprint density at radius 1 is 0.528 bits per heavy atom. The van der Waals surface area contributed by atoms with Gasteiger partial charge in [-0.2, -0.15) is 0 Å². The lowest BCUT2D eigenvalue weighted by molar-refractivity contribution is -0.107. The quantitative estimate of drug-likeness (QED) is 0.160. The Balaban J connectivity index is 1.15. The van der Waals surface area contributed by atoms with Crippen LogP contribution in [0.3, 0.4) is 0 Å². The summed E-state index contributed by atoms with van der Waals surface area (Å²) in [7, 11) is 3.59. The zero-order valence-corrected chi connectivity index (χ0v) is 29.1. The summed E-state index contributed by atoms with van der Waals surface area (Å²) in [5.74, 6) is 1.75. The molecule has 0 radical (unpaired) electrons. The van der Waals surface area contributed by atoms with Gasteiger partial charge in [-0.15, -0.1) is 0 Å². The second-order valence-corrected chi connectivity index (χ2v) is 13.0. The Kier molecular flexibility index (Phi) is 7.93. The van der Waals surface area contributed by atoms with Crippen LogP contribution in [0.2, 0.25) is 0 Å². The van der Waals surface area contributed by atoms with Crippen LogP contribution < -0.4 is 10.2 Å². The number of aromatic nitrogens is 3. The lowest BCUT2D eigenvalue weighted by Crippen LogP contribution is -2.15. The van der Waals surface area contributed by atoms with Crippen molar-refractivity contribution in [2.45, 2.75) is 0 Å². The minimum atomic E-state index is 0.574. The van der Waals surface area contributed by atoms with Crippen LogP contribution in [0.5, 0.6) is 0 Å². The molecule has 0 spiro atoms. The average Bonchev–Trinajstić information content (AvgIpc) is 3.59. The first-order valence-electron chi connectivity index (χ1n) is 17.4. The molecule has 0 saturated carbocycles. The highest BCUT2D eigenvalue weighted by Gasteiger charge is 2.18. The highest BCUT2D eigenvalue weighted by atomic mass is 16.3. The van der Waals surface area contributed by atoms with Gasteiger partial charge >= 0.3 is 0 Å². The van der Waals surface area contributed by atoms with Crippen LogP contribution in [0.25, 0.3) is 89.1 Å². The fraction of sp³-hybridized carbons (Fsp3) is 0.0435. The molecule has 1 amide bonds. The molecule has 9 rings (SSSR count). The molecule has 7 nitrogen and oxygen atoms in total. The van der Waals surface area contributed by atoms with E-state index in [2.05, 4.69) is 72.0 Å². The predicted molar refractivity (Wildman–Crippen MR) is 216 cm³/mol. The number of hydrogen-bond acceptors (Lipinski definition) is 6. The van der Waals surface area contributed by atoms with Crippen molar-refractivity contribution in [2.75, 3.05) is 24.3 Å². The Morgan fingerprint density at radius 3 is 1.85 bits per heavy atom. The molecule has 0 unspecified atom stereocenters. The molecule has 9 aromatic rings. The van der Waals surface area contributed by atoms with Crippen LogP contribution >= 0.6 is 0 Å². The van der Waals surface area contributed by atoms with Gasteiger partial charge in [-0.05, 0) is 69.4 Å². The second kappa shape index (κ2) is 13.2. The first-order valence-corrected chi connectivity index (χ1v) is 17.4. The van der Waals surface area contributed by atoms with Gasteiger partial charge in [0.1, 0.15) is 11.2 Å². The van der Waals surface area contributed by atoms with Gasteiger partial charge in [0.15, 0.2) is 17.5 Å². The number of carbonyl (C=O) groups is 1. The number of nitrogens with one attached hydrogen (secondary N) is 1. The van der Waals surface area contributed by atoms with Crippen LogP contribution in [-0.4, -0.2) is 35.5 Å². The van der Waals surface area contributed by atoms with Gasteiger partial charge in [-0.1, -0.05) is 115 Å². The molecule has 1 N–H and O–H groups in total. The Hall–Kier alpha value is -7.12. The standard InChI is InChI=1S/C46H33N5O2/c1-47-40-22-20-34(26-41(40)51(2)28-52)29-16-18-31(19-17-29)45-48-44(30-10-4-3-5-11-30)49-46(50-45)37-15-9-8-14-36(37)35-21-23-42-38(25-35)39-24-32-12-6-7-13-33(32)27-43(39)53-42/h3-28,47H,1-2H3. The maximum atomic E-state index is 11.6. The number of hydrogen-bond donors (Lipinski definition) is 1. The van der Waals surface area contributed by atoms with E-state index in [0.717, 1.165) is 84.1 Å². The average molecular weight is 688 g/mol. The zero-order chi connectivity index (χ0) is 35.9. The highest BCUT2D eigenvalue weighted by Crippen LogP contribution is 2.38. The molecule has 0 atom stereocenters. The van der Waals surface area contributed by atoms with E-state index in [1.165, 1.54) is 5.39 Å². The summed E-state index contributed by atoms with van der Waals surface area (Å²) in [6, 6.07) is 51.5. The minimum Gasteiger partial charge on any atom is -0.456 e. The number of carbonyl (C=O) groups excluding carboxylic acids is 1. The van der Waals surface area contributed by atoms with Gasteiger partial charge in [-0.3, -0.25) is 4.79 Å². The van der Waals surface area contributed by atoms with E-state index in [0.29, 0.717) is 17.5 Å². The van der Waals surface area contributed by atoms with Crippen molar-refractivity contribution in [2.24, 2.45) is 0 Å². The third-order valence-corrected chi connectivity index (χ3v) is 9.77. The summed E-state index contributed by atoms with van der Waals surface area (Å²) < 4.78 is 6.31. The monoisotopic (exact) mass is 687 g/mol. The van der Waals surface area contributed by atoms with Crippen LogP contribution in [0.4, 0.5) is 11.4 Å². The lowest BCUT2D eigenvalue weighted by Gasteiger charge is -2.17. The maximum absolute atomic E-state index is 11.6. The smallest absolute Gasteiger partial charge is 0.213 e. The molecular weight excluding hydrogens is 655 g/mol. The molecule has 0 bridgehead atoms. The molecule has 0 aliphatic carbocycles. The van der Waals surface area contributed by atoms with E-state index in [4.69, 9.17) is 19.4 Å². The Labute approximate surface area is 306 Å². The van der Waals surface area contributed by atoms with E-state index >= 15 is 0 Å². The first-order chi connectivity index (χ1) is 26.1. The highest BCUT2D eigenvalue weighted by molar-refractivity contribution is 6.11. The van der Waals surface area contributed by atoms with Crippen LogP contribution in [-0.2, 0) is 4.79 Å². The van der Waals surface area contributed by atoms with E-state index in [1.54, 1.807) is 11.9 Å². The summed E-state index contributed by atoms with van der Waals surface area (Å²) in [5, 5.41) is 7.63. The summed E-state index contributed by atoms with van der Waals surface area (Å²) >= 11 is 0. The fourth-order valence-corrected chi connectivity index (χ4v) is 6.98. The van der Waals surface area contributed by atoms with E-state index < -0.39 is 0 Å². The SMILES string of the molecule is CNc1ccc(-c2ccc(-c3nc(-c4ccccc4)nc(-c4ccccc4-c4ccc5oc6cc7ccccc7cc6c5c4)n3)cc2)cc1N(C)C=O. The zero-order valence-electron chi connectivity index (χ0n) is 29.1. The fourth-order valence-electron chi connectivity index (χ4n) is 6.98. The molecule has 0 fully saturated rings. The Bertz CT molecular complexity index is 2810. The Morgan fingerprint density at radius 2 is 1.11 bits per heavy atom. The summed E-state index contributed by atoms with van der Waals surface area (Å²) in [4.78, 5) is 28.3. The van der Waals surface area contributed by atoms with Gasteiger partial charge < -0.3 is 14.6 Å². The van der Waals surface area contributed by atoms with Crippen molar-refractivity contribution >= 4 is 50.5 Å². The number of amides is 1. The molecule has 254 valence electrons. The van der Waals surface area contributed by atoms with E-state index in [-0.39, 0.29) is 0 Å². The lowest BCUT2D eigenvalue weighted by atomic mass is 9.97. The van der Waals surface area contributed by atoms with Crippen LogP contribution in [0, 0.1) is 0 Å². The van der Waals surface area contributed by atoms with Crippen LogP contribution in [0.1, 0.15) is 0 Å². The largest absolute Gasteiger partial charge is 0.456 e. The number of rotatable bonds is 8. The molecule has 7 heteroatoms. The molecule has 2 heterocycles. The van der Waals surface area contributed by atoms with Gasteiger partial charge in [-0.25, -0.2) is 15.0 Å². The van der Waals surface area contributed by atoms with Crippen LogP contribution in [0.15, 0.2) is 156 Å². The minimum absolute atomic E-state index is 0.574. The summed E-state index contributed by atoms with van der Waals surface area (Å²) in [6.45, 7) is 0. The molecule has 53 heavy (non-hydrogen) atoms. The molecular formula is C46H33N5O2. The summed E-state index contributed by atoms with van der Waals surface area (Å²) in [5.41, 5.74) is 10.1. The van der Waals surface area contributed by atoms with Crippen molar-refractivity contribution in [3.63, 3.8) is 0 Å². The van der Waals surface area contributed by atoms with Crippen molar-refractivity contribution < 1.29 is 9.21 Å². The number of benzene rings is 7. The predicted octanol–water partition coefficient (Wildman–Crippen LogP) is 10.9. The van der Waals surface area contributed by atoms with Crippen molar-refractivity contribution in [1.82, 2.24) is 15.0 Å². The molecule has 0 saturated heterocycles. The van der Waals surface area contributed by atoms with E-state index in [9.17, 15) is 4.79 Å².